The highest BCUT2D eigenvalue weighted by atomic mass is 14.9. The van der Waals surface area contributed by atoms with Gasteiger partial charge in [0, 0.05) is 12.6 Å². The van der Waals surface area contributed by atoms with E-state index in [1.165, 1.54) is 12.8 Å². The number of hydrogen-bond acceptors (Lipinski definition) is 2. The topological polar surface area (TPSA) is 38.0 Å². The molecule has 72 valence electrons. The largest absolute Gasteiger partial charge is 0.327 e. The smallest absolute Gasteiger partial charge is 0.0157 e. The van der Waals surface area contributed by atoms with Crippen LogP contribution in [0.4, 0.5) is 0 Å². The molecule has 0 aromatic rings. The minimum Gasteiger partial charge on any atom is -0.327 e. The Bertz CT molecular complexity index is 154. The van der Waals surface area contributed by atoms with Crippen molar-refractivity contribution in [3.05, 3.63) is 0 Å². The minimum atomic E-state index is 0.243. The van der Waals surface area contributed by atoms with Gasteiger partial charge in [0.05, 0.1) is 0 Å². The van der Waals surface area contributed by atoms with Crippen LogP contribution in [0.15, 0.2) is 0 Å². The minimum absolute atomic E-state index is 0.243. The highest BCUT2D eigenvalue weighted by Crippen LogP contribution is 2.51. The zero-order chi connectivity index (χ0) is 9.41. The van der Waals surface area contributed by atoms with Gasteiger partial charge in [-0.1, -0.05) is 20.8 Å². The third-order valence-electron chi connectivity index (χ3n) is 3.01. The molecular weight excluding hydrogens is 148 g/mol. The van der Waals surface area contributed by atoms with Crippen LogP contribution in [0.2, 0.25) is 0 Å². The highest BCUT2D eigenvalue weighted by Gasteiger charge is 2.50. The van der Waals surface area contributed by atoms with E-state index in [1.54, 1.807) is 0 Å². The van der Waals surface area contributed by atoms with E-state index < -0.39 is 0 Å². The van der Waals surface area contributed by atoms with Crippen molar-refractivity contribution in [1.82, 2.24) is 5.32 Å². The SMILES string of the molecule is CNCC1(C(N)C(C)(C)C)CC1. The molecule has 0 radical (unpaired) electrons. The van der Waals surface area contributed by atoms with Gasteiger partial charge >= 0.3 is 0 Å². The Morgan fingerprint density at radius 2 is 1.92 bits per heavy atom. The highest BCUT2D eigenvalue weighted by molar-refractivity contribution is 5.05. The number of nitrogens with two attached hydrogens (primary N) is 1. The number of rotatable bonds is 3. The lowest BCUT2D eigenvalue weighted by Crippen LogP contribution is -2.46. The van der Waals surface area contributed by atoms with Crippen molar-refractivity contribution in [2.24, 2.45) is 16.6 Å². The molecule has 1 unspecified atom stereocenters. The second kappa shape index (κ2) is 3.00. The normalized spacial score (nSPS) is 23.8. The Morgan fingerprint density at radius 3 is 2.17 bits per heavy atom. The molecular formula is C10H22N2. The molecule has 1 saturated carbocycles. The molecule has 2 nitrogen and oxygen atoms in total. The predicted octanol–water partition coefficient (Wildman–Crippen LogP) is 1.36. The number of hydrogen-bond donors (Lipinski definition) is 2. The molecule has 1 fully saturated rings. The van der Waals surface area contributed by atoms with Crippen LogP contribution < -0.4 is 11.1 Å². The lowest BCUT2D eigenvalue weighted by atomic mass is 9.77. The molecule has 0 saturated heterocycles. The van der Waals surface area contributed by atoms with E-state index in [2.05, 4.69) is 26.1 Å². The van der Waals surface area contributed by atoms with E-state index in [4.69, 9.17) is 5.73 Å². The van der Waals surface area contributed by atoms with Crippen LogP contribution >= 0.6 is 0 Å². The maximum atomic E-state index is 6.24. The van der Waals surface area contributed by atoms with E-state index in [-0.39, 0.29) is 5.41 Å². The molecule has 0 aromatic heterocycles. The van der Waals surface area contributed by atoms with Crippen LogP contribution in [0, 0.1) is 10.8 Å². The zero-order valence-corrected chi connectivity index (χ0v) is 8.78. The van der Waals surface area contributed by atoms with Crippen LogP contribution in [0.25, 0.3) is 0 Å². The Kier molecular flexibility index (Phi) is 2.50. The molecule has 0 amide bonds. The first-order chi connectivity index (χ1) is 5.42. The average molecular weight is 170 g/mol. The third kappa shape index (κ3) is 1.80. The Labute approximate surface area is 75.9 Å². The Hall–Kier alpha value is -0.0800. The summed E-state index contributed by atoms with van der Waals surface area (Å²) in [6.07, 6.45) is 2.60. The average Bonchev–Trinajstić information content (AvgIpc) is 2.67. The summed E-state index contributed by atoms with van der Waals surface area (Å²) in [6, 6.07) is 0.331. The Balaban J connectivity index is 2.57. The van der Waals surface area contributed by atoms with Crippen molar-refractivity contribution in [2.75, 3.05) is 13.6 Å². The molecule has 0 spiro atoms. The van der Waals surface area contributed by atoms with Crippen LogP contribution in [-0.4, -0.2) is 19.6 Å². The molecule has 0 aliphatic heterocycles. The molecule has 3 N–H and O–H groups in total. The molecule has 2 heteroatoms. The van der Waals surface area contributed by atoms with Crippen molar-refractivity contribution in [3.8, 4) is 0 Å². The van der Waals surface area contributed by atoms with Crippen LogP contribution in [0.3, 0.4) is 0 Å². The maximum absolute atomic E-state index is 6.24. The van der Waals surface area contributed by atoms with Crippen LogP contribution in [-0.2, 0) is 0 Å². The van der Waals surface area contributed by atoms with Gasteiger partial charge in [0.25, 0.3) is 0 Å². The Morgan fingerprint density at radius 1 is 1.42 bits per heavy atom. The molecule has 1 aliphatic rings. The summed E-state index contributed by atoms with van der Waals surface area (Å²) in [7, 11) is 2.01. The van der Waals surface area contributed by atoms with Gasteiger partial charge in [-0.15, -0.1) is 0 Å². The van der Waals surface area contributed by atoms with Gasteiger partial charge in [0.1, 0.15) is 0 Å². The van der Waals surface area contributed by atoms with Crippen molar-refractivity contribution < 1.29 is 0 Å². The van der Waals surface area contributed by atoms with Gasteiger partial charge in [0.2, 0.25) is 0 Å². The lowest BCUT2D eigenvalue weighted by molar-refractivity contribution is 0.217. The van der Waals surface area contributed by atoms with Crippen molar-refractivity contribution in [2.45, 2.75) is 39.7 Å². The first-order valence-corrected chi connectivity index (χ1v) is 4.82. The lowest BCUT2D eigenvalue weighted by Gasteiger charge is -2.34. The first-order valence-electron chi connectivity index (χ1n) is 4.82. The zero-order valence-electron chi connectivity index (χ0n) is 8.78. The molecule has 0 heterocycles. The standard InChI is InChI=1S/C10H22N2/c1-9(2,3)8(11)10(5-6-10)7-12-4/h8,12H,5-7,11H2,1-4H3. The molecule has 0 bridgehead atoms. The van der Waals surface area contributed by atoms with Gasteiger partial charge in [0.15, 0.2) is 0 Å². The number of nitrogens with one attached hydrogen (secondary N) is 1. The summed E-state index contributed by atoms with van der Waals surface area (Å²) in [4.78, 5) is 0. The molecule has 1 aliphatic carbocycles. The molecule has 1 atom stereocenters. The van der Waals surface area contributed by atoms with E-state index >= 15 is 0 Å². The summed E-state index contributed by atoms with van der Waals surface area (Å²) < 4.78 is 0. The summed E-state index contributed by atoms with van der Waals surface area (Å²) >= 11 is 0. The maximum Gasteiger partial charge on any atom is 0.0157 e. The van der Waals surface area contributed by atoms with Crippen LogP contribution in [0.1, 0.15) is 33.6 Å². The van der Waals surface area contributed by atoms with E-state index in [0.717, 1.165) is 6.54 Å². The fourth-order valence-electron chi connectivity index (χ4n) is 2.03. The third-order valence-corrected chi connectivity index (χ3v) is 3.01. The van der Waals surface area contributed by atoms with Gasteiger partial charge in [-0.25, -0.2) is 0 Å². The van der Waals surface area contributed by atoms with Gasteiger partial charge < -0.3 is 11.1 Å². The fraction of sp³-hybridized carbons (Fsp3) is 1.00. The van der Waals surface area contributed by atoms with Crippen LogP contribution in [0.5, 0.6) is 0 Å². The van der Waals surface area contributed by atoms with E-state index in [9.17, 15) is 0 Å². The predicted molar refractivity (Wildman–Crippen MR) is 53.0 cm³/mol. The van der Waals surface area contributed by atoms with Crippen molar-refractivity contribution in [1.29, 1.82) is 0 Å². The van der Waals surface area contributed by atoms with E-state index in [1.807, 2.05) is 7.05 Å². The first kappa shape index (κ1) is 10.0. The monoisotopic (exact) mass is 170 g/mol. The summed E-state index contributed by atoms with van der Waals surface area (Å²) in [5, 5.41) is 3.24. The fourth-order valence-corrected chi connectivity index (χ4v) is 2.03. The summed E-state index contributed by atoms with van der Waals surface area (Å²) in [5.41, 5.74) is 6.89. The summed E-state index contributed by atoms with van der Waals surface area (Å²) in [6.45, 7) is 7.76. The van der Waals surface area contributed by atoms with Crippen molar-refractivity contribution >= 4 is 0 Å². The van der Waals surface area contributed by atoms with Crippen molar-refractivity contribution in [3.63, 3.8) is 0 Å². The molecule has 12 heavy (non-hydrogen) atoms. The molecule has 1 rings (SSSR count). The second-order valence-corrected chi connectivity index (χ2v) is 5.24. The quantitative estimate of drug-likeness (QED) is 0.671. The summed E-state index contributed by atoms with van der Waals surface area (Å²) in [5.74, 6) is 0. The van der Waals surface area contributed by atoms with E-state index in [0.29, 0.717) is 11.5 Å². The van der Waals surface area contributed by atoms with Gasteiger partial charge in [-0.05, 0) is 30.7 Å². The van der Waals surface area contributed by atoms with Gasteiger partial charge in [-0.3, -0.25) is 0 Å². The second-order valence-electron chi connectivity index (χ2n) is 5.24. The molecule has 0 aromatic carbocycles. The van der Waals surface area contributed by atoms with Gasteiger partial charge in [-0.2, -0.15) is 0 Å².